The number of thiophene rings is 1. The lowest BCUT2D eigenvalue weighted by molar-refractivity contribution is -0.128. The summed E-state index contributed by atoms with van der Waals surface area (Å²) in [6, 6.07) is 30.4. The van der Waals surface area contributed by atoms with Crippen LogP contribution < -0.4 is 26.6 Å². The zero-order chi connectivity index (χ0) is 73.2. The number of anilines is 9. The van der Waals surface area contributed by atoms with Gasteiger partial charge in [0.25, 0.3) is 67.2 Å². The number of hydrogen-bond acceptors (Lipinski definition) is 34. The molecule has 3 heterocycles. The Morgan fingerprint density at radius 1 is 0.545 bits per heavy atom. The van der Waals surface area contributed by atoms with E-state index in [2.05, 4.69) is 87.5 Å². The lowest BCUT2D eigenvalue weighted by Crippen LogP contribution is -2.13. The molecule has 0 saturated carbocycles. The van der Waals surface area contributed by atoms with Gasteiger partial charge in [0.1, 0.15) is 49.7 Å². The molecular formula is C59H53N15O20S7. The van der Waals surface area contributed by atoms with E-state index < -0.39 is 82.0 Å². The monoisotopic (exact) mass is 1520 g/mol. The van der Waals surface area contributed by atoms with Gasteiger partial charge in [0.15, 0.2) is 16.6 Å². The number of nitrogens with one attached hydrogen (secondary N) is 5. The van der Waals surface area contributed by atoms with Crippen LogP contribution in [0.5, 0.6) is 0 Å². The fourth-order valence-electron chi connectivity index (χ4n) is 9.40. The van der Waals surface area contributed by atoms with Crippen LogP contribution in [0.25, 0.3) is 21.9 Å². The van der Waals surface area contributed by atoms with Crippen molar-refractivity contribution >= 4 is 163 Å². The second kappa shape index (κ2) is 31.0. The van der Waals surface area contributed by atoms with Crippen molar-refractivity contribution in [2.75, 3.05) is 68.2 Å². The number of carbonyl (C=O) groups is 1. The molecule has 0 fully saturated rings. The van der Waals surface area contributed by atoms with E-state index in [-0.39, 0.29) is 159 Å². The molecule has 0 amide bonds. The number of benzene rings is 6. The van der Waals surface area contributed by atoms with Crippen molar-refractivity contribution in [3.8, 4) is 23.3 Å². The lowest BCUT2D eigenvalue weighted by atomic mass is 10.0. The van der Waals surface area contributed by atoms with E-state index in [9.17, 15) is 74.9 Å². The highest BCUT2D eigenvalue weighted by molar-refractivity contribution is 7.88. The first kappa shape index (κ1) is 74.8. The maximum absolute atomic E-state index is 13.5. The van der Waals surface area contributed by atoms with E-state index in [4.69, 9.17) is 13.1 Å². The number of nitrogens with zero attached hydrogens (tertiary/aromatic N) is 10. The Kier molecular flexibility index (Phi) is 22.9. The molecule has 0 saturated heterocycles. The third kappa shape index (κ3) is 18.3. The minimum Gasteiger partial charge on any atom is -0.468 e. The molecule has 0 aliphatic rings. The Labute approximate surface area is 581 Å². The van der Waals surface area contributed by atoms with Crippen LogP contribution in [-0.2, 0) is 98.5 Å². The van der Waals surface area contributed by atoms with Gasteiger partial charge in [0.2, 0.25) is 17.8 Å². The first-order valence-electron chi connectivity index (χ1n) is 28.4. The van der Waals surface area contributed by atoms with Gasteiger partial charge >= 0.3 is 0 Å². The van der Waals surface area contributed by atoms with E-state index in [1.165, 1.54) is 122 Å². The molecular weight excluding hydrogens is 1460 g/mol. The van der Waals surface area contributed by atoms with Gasteiger partial charge in [0, 0.05) is 51.2 Å². The standard InChI is InChI=1S/C59H53N15O20S7/c1-34-46(29-60)53(63-38-16-20-42(21-17-38)98(82,83)90-2)67-54(64-39-18-22-43(23-19-39)99(84,85)91-3)52(34)72-73-55-47(30-61)51(56(95-55)74-71-41-27-45-44(50(28-41)101(88,89)93-5)8-6-9-49(45)100(86,87)92-4)36-12-14-40(15-13-36)65-58-68-57(62-24-7-25-94-33-75)69-59(70-58)66-48-26-35(31-96(76,77)78)10-11-37(48)32-97(79,80)81/h6,8-23,26-28,33H,7,24-25,31-32H2,1-5H3,(H2,63,64,67)(H,76,77,78)(H,79,80,81)(H3,62,65,66,68,69,70). The Bertz CT molecular complexity index is 5590. The molecule has 6 aromatic carbocycles. The van der Waals surface area contributed by atoms with Crippen LogP contribution >= 0.6 is 11.3 Å². The summed E-state index contributed by atoms with van der Waals surface area (Å²) in [6.45, 7) is 1.88. The Balaban J connectivity index is 1.18. The van der Waals surface area contributed by atoms with Gasteiger partial charge in [-0.1, -0.05) is 47.7 Å². The second-order valence-corrected chi connectivity index (χ2v) is 31.3. The summed E-state index contributed by atoms with van der Waals surface area (Å²) < 4.78 is 195. The molecule has 0 aliphatic heterocycles. The van der Waals surface area contributed by atoms with Gasteiger partial charge in [-0.05, 0) is 115 Å². The predicted octanol–water partition coefficient (Wildman–Crippen LogP) is 10.1. The number of pyridine rings is 1. The first-order valence-corrected chi connectivity index (χ1v) is 38.1. The lowest BCUT2D eigenvalue weighted by Gasteiger charge is -2.16. The zero-order valence-corrected chi connectivity index (χ0v) is 58.4. The molecule has 101 heavy (non-hydrogen) atoms. The molecule has 0 atom stereocenters. The van der Waals surface area contributed by atoms with Crippen LogP contribution in [0.2, 0.25) is 0 Å². The first-order chi connectivity index (χ1) is 47.8. The molecule has 42 heteroatoms. The molecule has 0 spiro atoms. The third-order valence-corrected chi connectivity index (χ3v) is 21.7. The van der Waals surface area contributed by atoms with E-state index in [1.54, 1.807) is 0 Å². The molecule has 0 unspecified atom stereocenters. The minimum atomic E-state index is -4.69. The SMILES string of the molecule is COS(=O)(=O)c1ccc(Nc2nc(Nc3ccc(S(=O)(=O)OC)cc3)c(N=Nc3sc(N=Nc4cc(S(=O)(=O)OC)c5cccc(S(=O)(=O)OC)c5c4)c(-c4ccc(Nc5nc(NCCCOC=O)nc(Nc6cc(CS(=O)(=O)O)ccc6CS(=O)(=O)O)n5)cc4)c3C#N)c(C)c2C#N)cc1. The average molecular weight is 1520 g/mol. The van der Waals surface area contributed by atoms with Crippen molar-refractivity contribution < 1.29 is 85.9 Å². The van der Waals surface area contributed by atoms with E-state index in [1.807, 2.05) is 0 Å². The summed E-state index contributed by atoms with van der Waals surface area (Å²) in [5.74, 6) is -2.60. The van der Waals surface area contributed by atoms with Gasteiger partial charge in [-0.15, -0.1) is 20.5 Å². The maximum atomic E-state index is 13.5. The number of carbonyl (C=O) groups excluding carboxylic acids is 1. The van der Waals surface area contributed by atoms with Gasteiger partial charge in [-0.25, -0.2) is 4.98 Å². The number of rotatable bonds is 31. The van der Waals surface area contributed by atoms with E-state index >= 15 is 0 Å². The van der Waals surface area contributed by atoms with Crippen LogP contribution in [0.3, 0.4) is 0 Å². The number of azo groups is 2. The fourth-order valence-corrected chi connectivity index (χ4v) is 14.6. The summed E-state index contributed by atoms with van der Waals surface area (Å²) in [5, 5.41) is 54.1. The van der Waals surface area contributed by atoms with Crippen molar-refractivity contribution in [3.63, 3.8) is 0 Å². The van der Waals surface area contributed by atoms with Gasteiger partial charge < -0.3 is 31.3 Å². The molecule has 526 valence electrons. The normalized spacial score (nSPS) is 12.3. The van der Waals surface area contributed by atoms with Crippen molar-refractivity contribution in [1.29, 1.82) is 10.5 Å². The molecule has 0 radical (unpaired) electrons. The molecule has 0 aliphatic carbocycles. The maximum Gasteiger partial charge on any atom is 0.297 e. The van der Waals surface area contributed by atoms with Crippen LogP contribution in [0, 0.1) is 29.6 Å². The molecule has 35 nitrogen and oxygen atoms in total. The third-order valence-electron chi connectivity index (χ3n) is 14.1. The van der Waals surface area contributed by atoms with Gasteiger partial charge in [0.05, 0.1) is 56.1 Å². The van der Waals surface area contributed by atoms with Crippen molar-refractivity contribution in [3.05, 3.63) is 149 Å². The summed E-state index contributed by atoms with van der Waals surface area (Å²) in [6.07, 6.45) is 0.264. The predicted molar refractivity (Wildman–Crippen MR) is 365 cm³/mol. The van der Waals surface area contributed by atoms with Crippen LogP contribution in [0.1, 0.15) is 34.2 Å². The highest BCUT2D eigenvalue weighted by Crippen LogP contribution is 2.49. The molecule has 9 aromatic rings. The molecule has 3 aromatic heterocycles. The second-order valence-electron chi connectivity index (χ2n) is 20.6. The summed E-state index contributed by atoms with van der Waals surface area (Å²) in [4.78, 5) is 27.4. The van der Waals surface area contributed by atoms with Gasteiger partial charge in [-0.2, -0.15) is 76.0 Å². The van der Waals surface area contributed by atoms with Crippen molar-refractivity contribution in [2.45, 2.75) is 44.4 Å². The molecule has 9 rings (SSSR count). The Hall–Kier alpha value is -10.5. The number of aromatic nitrogens is 4. The van der Waals surface area contributed by atoms with Crippen LogP contribution in [-0.4, -0.2) is 128 Å². The van der Waals surface area contributed by atoms with Crippen LogP contribution in [0.15, 0.2) is 161 Å². The summed E-state index contributed by atoms with van der Waals surface area (Å²) >= 11 is 0.731. The topological polar surface area (TPSA) is 517 Å². The highest BCUT2D eigenvalue weighted by Gasteiger charge is 2.27. The summed E-state index contributed by atoms with van der Waals surface area (Å²) in [7, 11) is -22.9. The largest absolute Gasteiger partial charge is 0.468 e. The number of fused-ring (bicyclic) bond motifs is 1. The van der Waals surface area contributed by atoms with Crippen molar-refractivity contribution in [2.24, 2.45) is 20.5 Å². The number of nitriles is 2. The minimum absolute atomic E-state index is 0.00222. The Morgan fingerprint density at radius 2 is 1.09 bits per heavy atom. The average Bonchev–Trinajstić information content (AvgIpc) is 0.774. The van der Waals surface area contributed by atoms with Crippen molar-refractivity contribution in [1.82, 2.24) is 19.9 Å². The number of ether oxygens (including phenoxy) is 1. The van der Waals surface area contributed by atoms with Gasteiger partial charge in [-0.3, -0.25) is 30.6 Å². The zero-order valence-electron chi connectivity index (χ0n) is 52.7. The van der Waals surface area contributed by atoms with E-state index in [0.717, 1.165) is 45.8 Å². The smallest absolute Gasteiger partial charge is 0.297 e. The quantitative estimate of drug-likeness (QED) is 0.00698. The highest BCUT2D eigenvalue weighted by atomic mass is 32.2. The molecule has 7 N–H and O–H groups in total. The molecule has 0 bridgehead atoms. The number of hydrogen-bond donors (Lipinski definition) is 7. The fraction of sp³-hybridized carbons (Fsp3) is 0.169. The van der Waals surface area contributed by atoms with E-state index in [0.29, 0.717) is 0 Å². The summed E-state index contributed by atoms with van der Waals surface area (Å²) in [5.41, 5.74) is 0.277. The van der Waals surface area contributed by atoms with Crippen LogP contribution in [0.4, 0.5) is 73.6 Å². The Morgan fingerprint density at radius 3 is 1.66 bits per heavy atom.